The molecule has 0 radical (unpaired) electrons. The first-order chi connectivity index (χ1) is 8.90. The second-order valence-electron chi connectivity index (χ2n) is 3.84. The van der Waals surface area contributed by atoms with Gasteiger partial charge in [-0.15, -0.1) is 0 Å². The lowest BCUT2D eigenvalue weighted by atomic mass is 10.3. The average Bonchev–Trinajstić information content (AvgIpc) is 2.33. The van der Waals surface area contributed by atoms with E-state index in [1.54, 1.807) is 13.0 Å². The number of hydrogen-bond donors (Lipinski definition) is 2. The van der Waals surface area contributed by atoms with Gasteiger partial charge in [0, 0.05) is 23.1 Å². The number of halogens is 1. The Morgan fingerprint density at radius 2 is 2.11 bits per heavy atom. The number of nitrogens with one attached hydrogen (secondary N) is 1. The van der Waals surface area contributed by atoms with Gasteiger partial charge in [0.2, 0.25) is 0 Å². The van der Waals surface area contributed by atoms with Gasteiger partial charge in [0.25, 0.3) is 10.0 Å². The van der Waals surface area contributed by atoms with Crippen LogP contribution in [-0.4, -0.2) is 18.4 Å². The molecule has 0 atom stereocenters. The van der Waals surface area contributed by atoms with Crippen molar-refractivity contribution in [3.05, 3.63) is 40.8 Å². The van der Waals surface area contributed by atoms with E-state index in [2.05, 4.69) is 30.6 Å². The molecule has 100 valence electrons. The van der Waals surface area contributed by atoms with E-state index < -0.39 is 10.0 Å². The van der Waals surface area contributed by atoms with Crippen molar-refractivity contribution in [2.75, 3.05) is 10.5 Å². The maximum atomic E-state index is 12.2. The third-order valence-electron chi connectivity index (χ3n) is 2.38. The quantitative estimate of drug-likeness (QED) is 0.887. The highest BCUT2D eigenvalue weighted by atomic mass is 79.9. The number of rotatable bonds is 3. The van der Waals surface area contributed by atoms with Crippen LogP contribution in [0.2, 0.25) is 0 Å². The van der Waals surface area contributed by atoms with E-state index in [1.165, 1.54) is 24.7 Å². The minimum absolute atomic E-state index is 0.0703. The largest absolute Gasteiger partial charge is 0.398 e. The van der Waals surface area contributed by atoms with E-state index in [1.807, 2.05) is 0 Å². The van der Waals surface area contributed by atoms with Gasteiger partial charge in [-0.1, -0.05) is 0 Å². The van der Waals surface area contributed by atoms with Gasteiger partial charge in [-0.3, -0.25) is 9.71 Å². The molecule has 0 aliphatic carbocycles. The molecule has 0 spiro atoms. The van der Waals surface area contributed by atoms with E-state index in [9.17, 15) is 8.42 Å². The predicted octanol–water partition coefficient (Wildman–Crippen LogP) is 1.93. The molecule has 2 aromatic heterocycles. The Bertz CT molecular complexity index is 718. The van der Waals surface area contributed by atoms with Crippen LogP contribution in [0, 0.1) is 6.92 Å². The van der Waals surface area contributed by atoms with Crippen molar-refractivity contribution in [1.82, 2.24) is 9.97 Å². The number of aromatic nitrogens is 2. The summed E-state index contributed by atoms with van der Waals surface area (Å²) in [7, 11) is -3.79. The smallest absolute Gasteiger partial charge is 0.266 e. The maximum absolute atomic E-state index is 12.2. The van der Waals surface area contributed by atoms with Crippen LogP contribution >= 0.6 is 15.9 Å². The van der Waals surface area contributed by atoms with Crippen LogP contribution in [0.4, 0.5) is 11.5 Å². The zero-order valence-electron chi connectivity index (χ0n) is 9.96. The number of sulfonamides is 1. The number of nitrogens with zero attached hydrogens (tertiary/aromatic N) is 2. The number of nitrogens with two attached hydrogens (primary N) is 1. The third-order valence-corrected chi connectivity index (χ3v) is 4.20. The highest BCUT2D eigenvalue weighted by Gasteiger charge is 2.19. The summed E-state index contributed by atoms with van der Waals surface area (Å²) < 4.78 is 27.5. The van der Waals surface area contributed by atoms with E-state index in [4.69, 9.17) is 5.73 Å². The maximum Gasteiger partial charge on any atom is 0.266 e. The normalized spacial score (nSPS) is 11.3. The monoisotopic (exact) mass is 342 g/mol. The van der Waals surface area contributed by atoms with Gasteiger partial charge in [-0.25, -0.2) is 13.4 Å². The van der Waals surface area contributed by atoms with Gasteiger partial charge in [-0.05, 0) is 40.5 Å². The molecule has 0 amide bonds. The summed E-state index contributed by atoms with van der Waals surface area (Å²) in [5.41, 5.74) is 6.47. The topological polar surface area (TPSA) is 98.0 Å². The van der Waals surface area contributed by atoms with E-state index in [-0.39, 0.29) is 16.4 Å². The summed E-state index contributed by atoms with van der Waals surface area (Å²) in [6.07, 6.45) is 4.14. The summed E-state index contributed by atoms with van der Waals surface area (Å²) in [4.78, 5) is 7.71. The van der Waals surface area contributed by atoms with Crippen LogP contribution in [0.15, 0.2) is 40.1 Å². The van der Waals surface area contributed by atoms with Crippen molar-refractivity contribution in [3.8, 4) is 0 Å². The number of anilines is 2. The molecule has 3 N–H and O–H groups in total. The molecule has 2 aromatic rings. The van der Waals surface area contributed by atoms with Crippen LogP contribution in [0.3, 0.4) is 0 Å². The molecular formula is C11H11BrN4O2S. The van der Waals surface area contributed by atoms with Gasteiger partial charge < -0.3 is 5.73 Å². The number of aryl methyl sites for hydroxylation is 1. The van der Waals surface area contributed by atoms with Crippen LogP contribution in [0.5, 0.6) is 0 Å². The summed E-state index contributed by atoms with van der Waals surface area (Å²) >= 11 is 3.26. The first kappa shape index (κ1) is 13.8. The van der Waals surface area contributed by atoms with Crippen molar-refractivity contribution >= 4 is 37.5 Å². The van der Waals surface area contributed by atoms with Crippen LogP contribution in [0.1, 0.15) is 5.56 Å². The van der Waals surface area contributed by atoms with Crippen molar-refractivity contribution in [1.29, 1.82) is 0 Å². The fraction of sp³-hybridized carbons (Fsp3) is 0.0909. The van der Waals surface area contributed by atoms with Crippen LogP contribution in [0.25, 0.3) is 0 Å². The molecule has 2 heterocycles. The summed E-state index contributed by atoms with van der Waals surface area (Å²) in [6, 6.07) is 3.19. The molecule has 0 saturated heterocycles. The van der Waals surface area contributed by atoms with E-state index >= 15 is 0 Å². The fourth-order valence-electron chi connectivity index (χ4n) is 1.44. The molecule has 0 aromatic carbocycles. The summed E-state index contributed by atoms with van der Waals surface area (Å²) in [6.45, 7) is 1.75. The van der Waals surface area contributed by atoms with Gasteiger partial charge >= 0.3 is 0 Å². The lowest BCUT2D eigenvalue weighted by Crippen LogP contribution is -2.16. The van der Waals surface area contributed by atoms with Crippen molar-refractivity contribution in [3.63, 3.8) is 0 Å². The number of nitrogen functional groups attached to an aromatic ring is 1. The third kappa shape index (κ3) is 3.02. The molecule has 0 aliphatic rings. The van der Waals surface area contributed by atoms with Gasteiger partial charge in [-0.2, -0.15) is 0 Å². The molecule has 0 unspecified atom stereocenters. The minimum atomic E-state index is -3.79. The molecule has 0 aliphatic heterocycles. The van der Waals surface area contributed by atoms with E-state index in [0.29, 0.717) is 5.56 Å². The first-order valence-electron chi connectivity index (χ1n) is 5.24. The molecule has 8 heteroatoms. The molecule has 0 saturated carbocycles. The SMILES string of the molecule is Cc1cc(Br)cnc1NS(=O)(=O)c1cnccc1N. The van der Waals surface area contributed by atoms with Crippen molar-refractivity contribution < 1.29 is 8.42 Å². The Kier molecular flexibility index (Phi) is 3.72. The number of pyridine rings is 2. The van der Waals surface area contributed by atoms with Crippen molar-refractivity contribution in [2.45, 2.75) is 11.8 Å². The Morgan fingerprint density at radius 3 is 2.74 bits per heavy atom. The van der Waals surface area contributed by atoms with Crippen LogP contribution in [-0.2, 0) is 10.0 Å². The Labute approximate surface area is 119 Å². The van der Waals surface area contributed by atoms with Gasteiger partial charge in [0.15, 0.2) is 0 Å². The molecule has 6 nitrogen and oxygen atoms in total. The standard InChI is InChI=1S/C11H11BrN4O2S/c1-7-4-8(12)5-15-11(7)16-19(17,18)10-6-14-3-2-9(10)13/h2-6H,1H3,(H2,13,14)(H,15,16). The zero-order chi connectivity index (χ0) is 14.0. The van der Waals surface area contributed by atoms with Crippen molar-refractivity contribution in [2.24, 2.45) is 0 Å². The predicted molar refractivity (Wildman–Crippen MR) is 76.1 cm³/mol. The molecule has 2 rings (SSSR count). The zero-order valence-corrected chi connectivity index (χ0v) is 12.4. The Morgan fingerprint density at radius 1 is 1.37 bits per heavy atom. The molecule has 0 fully saturated rings. The lowest BCUT2D eigenvalue weighted by molar-refractivity contribution is 0.601. The van der Waals surface area contributed by atoms with Gasteiger partial charge in [0.1, 0.15) is 10.7 Å². The average molecular weight is 343 g/mol. The highest BCUT2D eigenvalue weighted by molar-refractivity contribution is 9.10. The molecule has 19 heavy (non-hydrogen) atoms. The van der Waals surface area contributed by atoms with Gasteiger partial charge in [0.05, 0.1) is 5.69 Å². The summed E-state index contributed by atoms with van der Waals surface area (Å²) in [5.74, 6) is 0.256. The Hall–Kier alpha value is -1.67. The number of hydrogen-bond acceptors (Lipinski definition) is 5. The highest BCUT2D eigenvalue weighted by Crippen LogP contribution is 2.22. The summed E-state index contributed by atoms with van der Waals surface area (Å²) in [5, 5.41) is 0. The molecule has 0 bridgehead atoms. The lowest BCUT2D eigenvalue weighted by Gasteiger charge is -2.10. The second-order valence-corrected chi connectivity index (χ2v) is 6.40. The Balaban J connectivity index is 2.40. The van der Waals surface area contributed by atoms with E-state index in [0.717, 1.165) is 4.47 Å². The fourth-order valence-corrected chi connectivity index (χ4v) is 3.05. The van der Waals surface area contributed by atoms with Crippen LogP contribution < -0.4 is 10.5 Å². The molecular weight excluding hydrogens is 332 g/mol. The second kappa shape index (κ2) is 5.14. The first-order valence-corrected chi connectivity index (χ1v) is 7.52. The minimum Gasteiger partial charge on any atom is -0.398 e.